The molecule has 0 aromatic heterocycles. The van der Waals surface area contributed by atoms with Crippen molar-refractivity contribution in [2.75, 3.05) is 13.1 Å². The highest BCUT2D eigenvalue weighted by Crippen LogP contribution is 2.50. The Balaban J connectivity index is 0.000000882. The van der Waals surface area contributed by atoms with Crippen molar-refractivity contribution in [2.24, 2.45) is 0 Å². The number of fused-ring (bicyclic) bond motifs is 2. The van der Waals surface area contributed by atoms with E-state index in [1.54, 1.807) is 11.1 Å². The van der Waals surface area contributed by atoms with Crippen molar-refractivity contribution in [2.45, 2.75) is 62.4 Å². The highest BCUT2D eigenvalue weighted by atomic mass is 35.5. The summed E-state index contributed by atoms with van der Waals surface area (Å²) in [5, 5.41) is 7.52. The van der Waals surface area contributed by atoms with Crippen molar-refractivity contribution in [3.8, 4) is 0 Å². The summed E-state index contributed by atoms with van der Waals surface area (Å²) in [5.74, 6) is 0. The summed E-state index contributed by atoms with van der Waals surface area (Å²) >= 11 is 0. The first-order valence-corrected chi connectivity index (χ1v) is 8.44. The maximum atomic E-state index is 3.99. The zero-order chi connectivity index (χ0) is 13.4. The van der Waals surface area contributed by atoms with Gasteiger partial charge in [0, 0.05) is 12.1 Å². The molecule has 3 aliphatic rings. The largest absolute Gasteiger partial charge is 0.317 e. The second-order valence-corrected chi connectivity index (χ2v) is 7.02. The summed E-state index contributed by atoms with van der Waals surface area (Å²) in [4.78, 5) is 0. The van der Waals surface area contributed by atoms with E-state index in [1.165, 1.54) is 58.0 Å². The van der Waals surface area contributed by atoms with Crippen molar-refractivity contribution >= 4 is 24.8 Å². The average molecular weight is 343 g/mol. The molecular weight excluding hydrogens is 315 g/mol. The van der Waals surface area contributed by atoms with Gasteiger partial charge in [0.1, 0.15) is 0 Å². The Morgan fingerprint density at radius 1 is 1.00 bits per heavy atom. The molecule has 2 aliphatic carbocycles. The molecule has 0 amide bonds. The molecule has 1 atom stereocenters. The Kier molecular flexibility index (Phi) is 6.18. The molecule has 0 radical (unpaired) electrons. The second-order valence-electron chi connectivity index (χ2n) is 7.02. The van der Waals surface area contributed by atoms with Gasteiger partial charge in [0.15, 0.2) is 0 Å². The third-order valence-electron chi connectivity index (χ3n) is 5.86. The van der Waals surface area contributed by atoms with Crippen LogP contribution in [0.2, 0.25) is 0 Å². The van der Waals surface area contributed by atoms with Crippen LogP contribution in [0.4, 0.5) is 0 Å². The molecule has 124 valence electrons. The fraction of sp³-hybridized carbons (Fsp3) is 0.667. The smallest absolute Gasteiger partial charge is 0.0334 e. The first-order valence-electron chi connectivity index (χ1n) is 8.44. The number of hydrogen-bond acceptors (Lipinski definition) is 2. The Labute approximate surface area is 146 Å². The first kappa shape index (κ1) is 18.1. The summed E-state index contributed by atoms with van der Waals surface area (Å²) in [6.45, 7) is 2.37. The molecule has 1 saturated heterocycles. The Bertz CT molecular complexity index is 480. The lowest BCUT2D eigenvalue weighted by Crippen LogP contribution is -2.39. The minimum Gasteiger partial charge on any atom is -0.317 e. The number of hydrogen-bond donors (Lipinski definition) is 2. The molecule has 1 saturated carbocycles. The lowest BCUT2D eigenvalue weighted by atomic mass is 9.74. The third kappa shape index (κ3) is 3.17. The van der Waals surface area contributed by atoms with Gasteiger partial charge in [-0.1, -0.05) is 37.1 Å². The van der Waals surface area contributed by atoms with Gasteiger partial charge in [-0.05, 0) is 61.7 Å². The van der Waals surface area contributed by atoms with E-state index in [1.807, 2.05) is 0 Å². The van der Waals surface area contributed by atoms with Gasteiger partial charge < -0.3 is 10.6 Å². The number of rotatable bonds is 2. The van der Waals surface area contributed by atoms with Crippen LogP contribution in [-0.2, 0) is 5.41 Å². The number of piperidine rings is 1. The fourth-order valence-electron chi connectivity index (χ4n) is 4.80. The second kappa shape index (κ2) is 7.53. The minimum absolute atomic E-state index is 0. The average Bonchev–Trinajstić information content (AvgIpc) is 3.09. The maximum Gasteiger partial charge on any atom is 0.0334 e. The molecule has 4 rings (SSSR count). The van der Waals surface area contributed by atoms with Gasteiger partial charge >= 0.3 is 0 Å². The SMILES string of the molecule is Cl.Cl.c1ccc2c(c1)C(NC1CCCC1)CC21CCNCC1. The van der Waals surface area contributed by atoms with Crippen LogP contribution in [0, 0.1) is 0 Å². The number of nitrogens with one attached hydrogen (secondary N) is 2. The first-order chi connectivity index (χ1) is 9.87. The van der Waals surface area contributed by atoms with Gasteiger partial charge in [0.05, 0.1) is 0 Å². The Hall–Kier alpha value is -0.280. The summed E-state index contributed by atoms with van der Waals surface area (Å²) in [7, 11) is 0. The number of halogens is 2. The molecule has 22 heavy (non-hydrogen) atoms. The Morgan fingerprint density at radius 3 is 2.41 bits per heavy atom. The summed E-state index contributed by atoms with van der Waals surface area (Å²) in [6, 6.07) is 10.6. The molecule has 2 nitrogen and oxygen atoms in total. The highest BCUT2D eigenvalue weighted by Gasteiger charge is 2.44. The molecule has 1 spiro atoms. The van der Waals surface area contributed by atoms with Crippen LogP contribution in [0.15, 0.2) is 24.3 Å². The van der Waals surface area contributed by atoms with Crippen molar-refractivity contribution in [1.29, 1.82) is 0 Å². The topological polar surface area (TPSA) is 24.1 Å². The molecule has 1 aliphatic heterocycles. The predicted molar refractivity (Wildman–Crippen MR) is 97.5 cm³/mol. The fourth-order valence-corrected chi connectivity index (χ4v) is 4.80. The molecular formula is C18H28Cl2N2. The lowest BCUT2D eigenvalue weighted by molar-refractivity contribution is 0.275. The van der Waals surface area contributed by atoms with Crippen LogP contribution in [0.1, 0.15) is 62.1 Å². The van der Waals surface area contributed by atoms with E-state index in [2.05, 4.69) is 34.9 Å². The lowest BCUT2D eigenvalue weighted by Gasteiger charge is -2.35. The van der Waals surface area contributed by atoms with E-state index in [-0.39, 0.29) is 24.8 Å². The molecule has 1 heterocycles. The van der Waals surface area contributed by atoms with Crippen LogP contribution in [0.25, 0.3) is 0 Å². The van der Waals surface area contributed by atoms with Gasteiger partial charge in [-0.2, -0.15) is 0 Å². The van der Waals surface area contributed by atoms with E-state index in [4.69, 9.17) is 0 Å². The van der Waals surface area contributed by atoms with Gasteiger partial charge in [-0.25, -0.2) is 0 Å². The van der Waals surface area contributed by atoms with E-state index >= 15 is 0 Å². The monoisotopic (exact) mass is 342 g/mol. The standard InChI is InChI=1S/C18H26N2.2ClH/c1-2-6-14(5-1)20-17-13-18(9-11-19-12-10-18)16-8-4-3-7-15(16)17;;/h3-4,7-8,14,17,19-20H,1-2,5-6,9-13H2;2*1H. The molecule has 2 N–H and O–H groups in total. The normalized spacial score (nSPS) is 26.3. The quantitative estimate of drug-likeness (QED) is 0.844. The molecule has 1 aromatic carbocycles. The molecule has 0 bridgehead atoms. The van der Waals surface area contributed by atoms with Crippen LogP contribution < -0.4 is 10.6 Å². The third-order valence-corrected chi connectivity index (χ3v) is 5.86. The summed E-state index contributed by atoms with van der Waals surface area (Å²) in [6.07, 6.45) is 9.55. The van der Waals surface area contributed by atoms with Crippen LogP contribution >= 0.6 is 24.8 Å². The molecule has 1 unspecified atom stereocenters. The Morgan fingerprint density at radius 2 is 1.68 bits per heavy atom. The number of benzene rings is 1. The van der Waals surface area contributed by atoms with Crippen molar-refractivity contribution in [1.82, 2.24) is 10.6 Å². The van der Waals surface area contributed by atoms with E-state index in [0.29, 0.717) is 11.5 Å². The van der Waals surface area contributed by atoms with Gasteiger partial charge in [0.25, 0.3) is 0 Å². The predicted octanol–water partition coefficient (Wildman–Crippen LogP) is 4.13. The van der Waals surface area contributed by atoms with Gasteiger partial charge in [-0.15, -0.1) is 24.8 Å². The summed E-state index contributed by atoms with van der Waals surface area (Å²) in [5.41, 5.74) is 3.70. The van der Waals surface area contributed by atoms with Crippen molar-refractivity contribution in [3.05, 3.63) is 35.4 Å². The molecule has 2 fully saturated rings. The van der Waals surface area contributed by atoms with Crippen molar-refractivity contribution in [3.63, 3.8) is 0 Å². The van der Waals surface area contributed by atoms with Gasteiger partial charge in [-0.3, -0.25) is 0 Å². The highest BCUT2D eigenvalue weighted by molar-refractivity contribution is 5.85. The molecule has 1 aromatic rings. The molecule has 4 heteroatoms. The van der Waals surface area contributed by atoms with Crippen molar-refractivity contribution < 1.29 is 0 Å². The minimum atomic E-state index is 0. The zero-order valence-electron chi connectivity index (χ0n) is 13.1. The maximum absolute atomic E-state index is 3.99. The van der Waals surface area contributed by atoms with Crippen LogP contribution in [0.5, 0.6) is 0 Å². The van der Waals surface area contributed by atoms with E-state index in [0.717, 1.165) is 6.04 Å². The van der Waals surface area contributed by atoms with E-state index in [9.17, 15) is 0 Å². The van der Waals surface area contributed by atoms with Crippen LogP contribution in [0.3, 0.4) is 0 Å². The zero-order valence-corrected chi connectivity index (χ0v) is 14.8. The van der Waals surface area contributed by atoms with E-state index < -0.39 is 0 Å². The van der Waals surface area contributed by atoms with Gasteiger partial charge in [0.2, 0.25) is 0 Å². The van der Waals surface area contributed by atoms with Crippen LogP contribution in [-0.4, -0.2) is 19.1 Å². The summed E-state index contributed by atoms with van der Waals surface area (Å²) < 4.78 is 0.